The Bertz CT molecular complexity index is 494. The average Bonchev–Trinajstić information content (AvgIpc) is 2.71. The molecule has 0 aliphatic heterocycles. The van der Waals surface area contributed by atoms with Gasteiger partial charge in [0.1, 0.15) is 0 Å². The van der Waals surface area contributed by atoms with Gasteiger partial charge in [0.05, 0.1) is 0 Å². The maximum Gasteiger partial charge on any atom is 0.151 e. The fourth-order valence-electron chi connectivity index (χ4n) is 2.25. The lowest BCUT2D eigenvalue weighted by molar-refractivity contribution is 0.516. The minimum absolute atomic E-state index is 0.133. The van der Waals surface area contributed by atoms with Crippen LogP contribution in [0, 0.1) is 27.1 Å². The first-order valence-corrected chi connectivity index (χ1v) is 18.4. The third kappa shape index (κ3) is 22.9. The first-order valence-electron chi connectivity index (χ1n) is 9.85. The number of nitrogens with one attached hydrogen (secondary N) is 4. The van der Waals surface area contributed by atoms with Gasteiger partial charge in [0, 0.05) is 74.4 Å². The van der Waals surface area contributed by atoms with Crippen LogP contribution in [0.3, 0.4) is 0 Å². The number of hydrogen-bond acceptors (Lipinski definition) is 12. The number of hydrogen-bond donors (Lipinski definition) is 8. The third-order valence-electron chi connectivity index (χ3n) is 3.57. The number of amidine groups is 4. The molecule has 0 atom stereocenters. The lowest BCUT2D eigenvalue weighted by atomic mass is 9.99. The Labute approximate surface area is 232 Å². The summed E-state index contributed by atoms with van der Waals surface area (Å²) in [5, 5.41) is 30.2. The van der Waals surface area contributed by atoms with Crippen LogP contribution in [0.5, 0.6) is 0 Å². The summed E-state index contributed by atoms with van der Waals surface area (Å²) in [6.45, 7) is 0. The van der Waals surface area contributed by atoms with Crippen LogP contribution < -0.4 is 22.9 Å². The van der Waals surface area contributed by atoms with Gasteiger partial charge in [0.25, 0.3) is 0 Å². The Morgan fingerprint density at radius 1 is 0.424 bits per heavy atom. The second-order valence-corrected chi connectivity index (χ2v) is 15.5. The molecular weight excluding hydrogens is 573 g/mol. The van der Waals surface area contributed by atoms with Crippen LogP contribution in [0.25, 0.3) is 0 Å². The summed E-state index contributed by atoms with van der Waals surface area (Å²) in [6.07, 6.45) is 0. The summed E-state index contributed by atoms with van der Waals surface area (Å²) in [6, 6.07) is 0. The largest absolute Gasteiger partial charge is 0.379 e. The van der Waals surface area contributed by atoms with Gasteiger partial charge in [-0.15, -0.1) is 0 Å². The van der Waals surface area contributed by atoms with E-state index in [0.717, 1.165) is 69.0 Å². The lowest BCUT2D eigenvalue weighted by Crippen LogP contribution is -2.34. The van der Waals surface area contributed by atoms with Gasteiger partial charge < -0.3 is 22.9 Å². The van der Waals surface area contributed by atoms with Gasteiger partial charge >= 0.3 is 0 Å². The van der Waals surface area contributed by atoms with Crippen molar-refractivity contribution in [2.75, 3.05) is 69.0 Å². The molecule has 0 aromatic carbocycles. The molecule has 33 heavy (non-hydrogen) atoms. The molecule has 0 saturated carbocycles. The number of nitrogens with two attached hydrogens (primary N) is 4. The molecule has 0 aromatic rings. The second-order valence-electron chi connectivity index (χ2n) is 6.56. The molecule has 192 valence electrons. The predicted octanol–water partition coefficient (Wildman–Crippen LogP) is 3.41. The minimum Gasteiger partial charge on any atom is -0.379 e. The van der Waals surface area contributed by atoms with Gasteiger partial charge in [-0.3, -0.25) is 21.6 Å². The minimum atomic E-state index is 0.133. The van der Waals surface area contributed by atoms with E-state index in [1.165, 1.54) is 47.0 Å². The number of thioether (sulfide) groups is 8. The zero-order valence-electron chi connectivity index (χ0n) is 18.6. The molecule has 0 bridgehead atoms. The van der Waals surface area contributed by atoms with Crippen LogP contribution in [-0.4, -0.2) is 89.7 Å². The molecule has 0 amide bonds. The van der Waals surface area contributed by atoms with Gasteiger partial charge in [0.15, 0.2) is 20.7 Å². The summed E-state index contributed by atoms with van der Waals surface area (Å²) in [4.78, 5) is 0. The molecule has 0 heterocycles. The monoisotopic (exact) mass is 608 g/mol. The van der Waals surface area contributed by atoms with Gasteiger partial charge in [-0.1, -0.05) is 47.0 Å². The summed E-state index contributed by atoms with van der Waals surface area (Å²) in [7, 11) is 0. The zero-order valence-corrected chi connectivity index (χ0v) is 25.1. The molecule has 16 heteroatoms. The van der Waals surface area contributed by atoms with Crippen molar-refractivity contribution in [2.24, 2.45) is 28.3 Å². The Morgan fingerprint density at radius 3 is 0.818 bits per heavy atom. The average molecular weight is 609 g/mol. The van der Waals surface area contributed by atoms with Crippen LogP contribution in [0.15, 0.2) is 0 Å². The Kier molecular flexibility index (Phi) is 22.4. The van der Waals surface area contributed by atoms with Crippen LogP contribution in [0.4, 0.5) is 0 Å². The van der Waals surface area contributed by atoms with E-state index in [-0.39, 0.29) is 26.1 Å². The molecule has 12 N–H and O–H groups in total. The Balaban J connectivity index is 4.94. The van der Waals surface area contributed by atoms with E-state index >= 15 is 0 Å². The molecule has 0 aliphatic rings. The molecule has 0 rings (SSSR count). The SMILES string of the molecule is N=C(N)SCCSCC(CSCCSC(=N)N)(CSCCSC(=N)N)CSCCSC(=N)N. The summed E-state index contributed by atoms with van der Waals surface area (Å²) < 4.78 is 0. The molecule has 0 aromatic heterocycles. The van der Waals surface area contributed by atoms with Crippen molar-refractivity contribution in [2.45, 2.75) is 0 Å². The van der Waals surface area contributed by atoms with E-state index in [0.29, 0.717) is 0 Å². The molecule has 0 saturated heterocycles. The van der Waals surface area contributed by atoms with Gasteiger partial charge in [0.2, 0.25) is 0 Å². The van der Waals surface area contributed by atoms with Crippen LogP contribution >= 0.6 is 94.1 Å². The molecule has 0 fully saturated rings. The summed E-state index contributed by atoms with van der Waals surface area (Å²) in [5.74, 6) is 11.3. The maximum atomic E-state index is 7.38. The molecule has 0 radical (unpaired) electrons. The highest BCUT2D eigenvalue weighted by molar-refractivity contribution is 8.15. The van der Waals surface area contributed by atoms with Crippen LogP contribution in [0.1, 0.15) is 0 Å². The van der Waals surface area contributed by atoms with Crippen LogP contribution in [-0.2, 0) is 0 Å². The predicted molar refractivity (Wildman–Crippen MR) is 169 cm³/mol. The first kappa shape index (κ1) is 33.7. The molecular formula is C17H36N8S8. The highest BCUT2D eigenvalue weighted by atomic mass is 32.2. The van der Waals surface area contributed by atoms with Crippen molar-refractivity contribution in [3.05, 3.63) is 0 Å². The van der Waals surface area contributed by atoms with E-state index in [2.05, 4.69) is 0 Å². The zero-order chi connectivity index (χ0) is 25.0. The second kappa shape index (κ2) is 21.9. The fourth-order valence-corrected chi connectivity index (χ4v) is 10.7. The summed E-state index contributed by atoms with van der Waals surface area (Å²) >= 11 is 13.2. The third-order valence-corrected chi connectivity index (χ3v) is 12.7. The molecule has 0 unspecified atom stereocenters. The Morgan fingerprint density at radius 2 is 0.636 bits per heavy atom. The smallest absolute Gasteiger partial charge is 0.151 e. The van der Waals surface area contributed by atoms with Crippen molar-refractivity contribution in [3.8, 4) is 0 Å². The lowest BCUT2D eigenvalue weighted by Gasteiger charge is -2.33. The Hall–Kier alpha value is 0.680. The van der Waals surface area contributed by atoms with Gasteiger partial charge in [-0.25, -0.2) is 0 Å². The maximum absolute atomic E-state index is 7.38. The molecule has 0 aliphatic carbocycles. The van der Waals surface area contributed by atoms with E-state index < -0.39 is 0 Å². The highest BCUT2D eigenvalue weighted by Gasteiger charge is 2.30. The van der Waals surface area contributed by atoms with E-state index in [1.807, 2.05) is 47.0 Å². The standard InChI is InChI=1S/C17H36N8S8/c18-13(19)30-5-1-26-9-17(10-27-2-6-31-14(20)21,11-28-3-7-32-15(22)23)12-29-4-8-33-16(24)25/h1-12H2,(H3,18,19)(H3,20,21)(H3,22,23)(H3,24,25). The highest BCUT2D eigenvalue weighted by Crippen LogP contribution is 2.36. The number of rotatable bonds is 20. The van der Waals surface area contributed by atoms with Gasteiger partial charge in [-0.2, -0.15) is 47.0 Å². The summed E-state index contributed by atoms with van der Waals surface area (Å²) in [5.41, 5.74) is 22.0. The van der Waals surface area contributed by atoms with Crippen molar-refractivity contribution in [3.63, 3.8) is 0 Å². The quantitative estimate of drug-likeness (QED) is 0.0570. The van der Waals surface area contributed by atoms with Crippen molar-refractivity contribution >= 4 is 115 Å². The fraction of sp³-hybridized carbons (Fsp3) is 0.765. The van der Waals surface area contributed by atoms with E-state index in [9.17, 15) is 0 Å². The van der Waals surface area contributed by atoms with E-state index in [4.69, 9.17) is 44.6 Å². The van der Waals surface area contributed by atoms with E-state index in [1.54, 1.807) is 0 Å². The van der Waals surface area contributed by atoms with Gasteiger partial charge in [-0.05, 0) is 0 Å². The topological polar surface area (TPSA) is 199 Å². The van der Waals surface area contributed by atoms with Crippen molar-refractivity contribution in [1.29, 1.82) is 21.6 Å². The normalized spacial score (nSPS) is 12.8. The van der Waals surface area contributed by atoms with Crippen molar-refractivity contribution < 1.29 is 0 Å². The molecule has 8 nitrogen and oxygen atoms in total. The van der Waals surface area contributed by atoms with Crippen LogP contribution in [0.2, 0.25) is 0 Å². The first-order chi connectivity index (χ1) is 15.7. The molecule has 0 spiro atoms. The van der Waals surface area contributed by atoms with Crippen molar-refractivity contribution in [1.82, 2.24) is 0 Å².